The van der Waals surface area contributed by atoms with Crippen molar-refractivity contribution in [2.45, 2.75) is 0 Å². The van der Waals surface area contributed by atoms with E-state index >= 15 is 0 Å². The van der Waals surface area contributed by atoms with Gasteiger partial charge < -0.3 is 4.42 Å². The Balaban J connectivity index is 1.48. The summed E-state index contributed by atoms with van der Waals surface area (Å²) in [6.45, 7) is 0. The van der Waals surface area contributed by atoms with Gasteiger partial charge in [-0.2, -0.15) is 5.10 Å². The molecule has 27 heavy (non-hydrogen) atoms. The van der Waals surface area contributed by atoms with Crippen LogP contribution in [0, 0.1) is 0 Å². The first kappa shape index (κ1) is 17.1. The van der Waals surface area contributed by atoms with Crippen molar-refractivity contribution in [2.24, 2.45) is 5.10 Å². The van der Waals surface area contributed by atoms with Gasteiger partial charge in [0, 0.05) is 16.1 Å². The van der Waals surface area contributed by atoms with Gasteiger partial charge in [-0.25, -0.2) is 5.43 Å². The number of hydrogen-bond acceptors (Lipinski definition) is 3. The number of nitrogens with one attached hydrogen (secondary N) is 1. The van der Waals surface area contributed by atoms with Gasteiger partial charge in [0.25, 0.3) is 5.91 Å². The van der Waals surface area contributed by atoms with Crippen LogP contribution in [0.25, 0.3) is 22.1 Å². The summed E-state index contributed by atoms with van der Waals surface area (Å²) in [6.07, 6.45) is 1.47. The van der Waals surface area contributed by atoms with Crippen LogP contribution in [0.5, 0.6) is 0 Å². The molecule has 0 aliphatic heterocycles. The largest absolute Gasteiger partial charge is 0.455 e. The monoisotopic (exact) mass is 374 g/mol. The molecular weight excluding hydrogens is 360 g/mol. The minimum absolute atomic E-state index is 0.271. The van der Waals surface area contributed by atoms with Gasteiger partial charge in [0.15, 0.2) is 0 Å². The lowest BCUT2D eigenvalue weighted by molar-refractivity contribution is 0.0957. The molecule has 0 aliphatic carbocycles. The molecule has 0 saturated carbocycles. The van der Waals surface area contributed by atoms with Crippen LogP contribution >= 0.6 is 11.6 Å². The zero-order valence-electron chi connectivity index (χ0n) is 14.2. The van der Waals surface area contributed by atoms with Gasteiger partial charge >= 0.3 is 0 Å². The molecule has 0 atom stereocenters. The summed E-state index contributed by atoms with van der Waals surface area (Å²) >= 11 is 5.90. The molecule has 132 valence electrons. The van der Waals surface area contributed by atoms with Crippen molar-refractivity contribution in [2.75, 3.05) is 0 Å². The predicted molar refractivity (Wildman–Crippen MR) is 108 cm³/mol. The van der Waals surface area contributed by atoms with Crippen molar-refractivity contribution in [3.05, 3.63) is 95.2 Å². The number of carbonyl (C=O) groups excluding carboxylic acids is 1. The number of furan rings is 1. The molecule has 4 aromatic rings. The number of amides is 1. The first-order valence-corrected chi connectivity index (χ1v) is 8.75. The van der Waals surface area contributed by atoms with E-state index in [1.165, 1.54) is 6.21 Å². The molecule has 1 N–H and O–H groups in total. The van der Waals surface area contributed by atoms with Crippen molar-refractivity contribution in [3.63, 3.8) is 0 Å². The molecule has 0 radical (unpaired) electrons. The van der Waals surface area contributed by atoms with Crippen LogP contribution in [-0.2, 0) is 0 Å². The minimum Gasteiger partial charge on any atom is -0.455 e. The lowest BCUT2D eigenvalue weighted by Gasteiger charge is -2.04. The number of rotatable bonds is 4. The minimum atomic E-state index is -0.271. The van der Waals surface area contributed by atoms with Crippen molar-refractivity contribution in [1.82, 2.24) is 5.43 Å². The van der Waals surface area contributed by atoms with Crippen molar-refractivity contribution >= 4 is 34.5 Å². The second kappa shape index (κ2) is 7.48. The van der Waals surface area contributed by atoms with E-state index in [-0.39, 0.29) is 5.91 Å². The fourth-order valence-electron chi connectivity index (χ4n) is 2.83. The Kier molecular flexibility index (Phi) is 4.73. The lowest BCUT2D eigenvalue weighted by atomic mass is 10.0. The van der Waals surface area contributed by atoms with Gasteiger partial charge in [0.1, 0.15) is 11.5 Å². The Bertz CT molecular complexity index is 1130. The lowest BCUT2D eigenvalue weighted by Crippen LogP contribution is -2.17. The van der Waals surface area contributed by atoms with Crippen LogP contribution in [0.15, 0.2) is 88.4 Å². The highest BCUT2D eigenvalue weighted by molar-refractivity contribution is 6.30. The van der Waals surface area contributed by atoms with Gasteiger partial charge in [-0.1, -0.05) is 48.0 Å². The van der Waals surface area contributed by atoms with E-state index in [9.17, 15) is 4.79 Å². The second-order valence-electron chi connectivity index (χ2n) is 5.93. The highest BCUT2D eigenvalue weighted by atomic mass is 35.5. The Morgan fingerprint density at radius 3 is 2.56 bits per heavy atom. The SMILES string of the molecule is O=C(N/N=C/c1ccc(-c2ccc(Cl)cc2)o1)c1cccc2ccccc12. The van der Waals surface area contributed by atoms with E-state index < -0.39 is 0 Å². The van der Waals surface area contributed by atoms with Gasteiger partial charge in [0.05, 0.1) is 6.21 Å². The topological polar surface area (TPSA) is 54.6 Å². The average molecular weight is 375 g/mol. The quantitative estimate of drug-likeness (QED) is 0.378. The van der Waals surface area contributed by atoms with Crippen LogP contribution in [0.1, 0.15) is 16.1 Å². The molecule has 5 heteroatoms. The molecule has 0 aliphatic rings. The molecule has 4 nitrogen and oxygen atoms in total. The molecule has 1 aromatic heterocycles. The van der Waals surface area contributed by atoms with Crippen LogP contribution in [0.3, 0.4) is 0 Å². The smallest absolute Gasteiger partial charge is 0.271 e. The van der Waals surface area contributed by atoms with Crippen LogP contribution < -0.4 is 5.43 Å². The van der Waals surface area contributed by atoms with Gasteiger partial charge in [-0.05, 0) is 53.2 Å². The maximum atomic E-state index is 12.4. The molecule has 0 unspecified atom stereocenters. The molecule has 0 spiro atoms. The summed E-state index contributed by atoms with van der Waals surface area (Å²) in [5.74, 6) is 0.971. The first-order chi connectivity index (χ1) is 13.2. The van der Waals surface area contributed by atoms with Crippen molar-refractivity contribution < 1.29 is 9.21 Å². The summed E-state index contributed by atoms with van der Waals surface area (Å²) in [5.41, 5.74) is 4.04. The number of nitrogens with zero attached hydrogens (tertiary/aromatic N) is 1. The van der Waals surface area contributed by atoms with E-state index in [1.54, 1.807) is 24.3 Å². The predicted octanol–water partition coefficient (Wildman–Crippen LogP) is 5.52. The molecule has 0 fully saturated rings. The van der Waals surface area contributed by atoms with Crippen molar-refractivity contribution in [1.29, 1.82) is 0 Å². The number of fused-ring (bicyclic) bond motifs is 1. The summed E-state index contributed by atoms with van der Waals surface area (Å²) < 4.78 is 5.72. The molecule has 4 rings (SSSR count). The molecule has 3 aromatic carbocycles. The van der Waals surface area contributed by atoms with Crippen LogP contribution in [0.4, 0.5) is 0 Å². The summed E-state index contributed by atoms with van der Waals surface area (Å²) in [6, 6.07) is 24.3. The van der Waals surface area contributed by atoms with E-state index in [0.717, 1.165) is 16.3 Å². The average Bonchev–Trinajstić information content (AvgIpc) is 3.17. The zero-order valence-corrected chi connectivity index (χ0v) is 15.0. The number of hydrazone groups is 1. The third-order valence-corrected chi connectivity index (χ3v) is 4.40. The Morgan fingerprint density at radius 2 is 1.70 bits per heavy atom. The second-order valence-corrected chi connectivity index (χ2v) is 6.37. The van der Waals surface area contributed by atoms with Gasteiger partial charge in [-0.3, -0.25) is 4.79 Å². The van der Waals surface area contributed by atoms with Crippen LogP contribution in [-0.4, -0.2) is 12.1 Å². The Hall–Kier alpha value is -3.37. The Morgan fingerprint density at radius 1 is 0.926 bits per heavy atom. The standard InChI is InChI=1S/C22H15ClN2O2/c23-17-10-8-16(9-11-17)21-13-12-18(27-21)14-24-25-22(26)20-7-3-5-15-4-1-2-6-19(15)20/h1-14H,(H,25,26)/b24-14+. The fraction of sp³-hybridized carbons (Fsp3) is 0. The van der Waals surface area contributed by atoms with Crippen molar-refractivity contribution in [3.8, 4) is 11.3 Å². The van der Waals surface area contributed by atoms with Crippen LogP contribution in [0.2, 0.25) is 5.02 Å². The number of carbonyl (C=O) groups is 1. The first-order valence-electron chi connectivity index (χ1n) is 8.38. The van der Waals surface area contributed by atoms with E-state index in [0.29, 0.717) is 22.1 Å². The summed E-state index contributed by atoms with van der Waals surface area (Å²) in [4.78, 5) is 12.4. The molecule has 0 saturated heterocycles. The summed E-state index contributed by atoms with van der Waals surface area (Å²) in [7, 11) is 0. The molecule has 1 amide bonds. The number of benzene rings is 3. The normalized spacial score (nSPS) is 11.1. The maximum Gasteiger partial charge on any atom is 0.271 e. The zero-order chi connectivity index (χ0) is 18.6. The Labute approximate surface area is 161 Å². The highest BCUT2D eigenvalue weighted by Gasteiger charge is 2.08. The molecule has 1 heterocycles. The van der Waals surface area contributed by atoms with Gasteiger partial charge in [0.2, 0.25) is 0 Å². The molecule has 0 bridgehead atoms. The third kappa shape index (κ3) is 3.76. The van der Waals surface area contributed by atoms with E-state index in [4.69, 9.17) is 16.0 Å². The number of halogens is 1. The van der Waals surface area contributed by atoms with Gasteiger partial charge in [-0.15, -0.1) is 0 Å². The maximum absolute atomic E-state index is 12.4. The summed E-state index contributed by atoms with van der Waals surface area (Å²) in [5, 5.41) is 6.57. The molecular formula is C22H15ClN2O2. The third-order valence-electron chi connectivity index (χ3n) is 4.15. The van der Waals surface area contributed by atoms with E-state index in [2.05, 4.69) is 10.5 Å². The number of hydrogen-bond donors (Lipinski definition) is 1. The highest BCUT2D eigenvalue weighted by Crippen LogP contribution is 2.23. The van der Waals surface area contributed by atoms with E-state index in [1.807, 2.05) is 54.6 Å². The fourth-order valence-corrected chi connectivity index (χ4v) is 2.96.